The molecule has 0 saturated carbocycles. The molecular weight excluding hydrogens is 344 g/mol. The second-order valence-electron chi connectivity index (χ2n) is 5.87. The molecule has 0 aliphatic carbocycles. The lowest BCUT2D eigenvalue weighted by molar-refractivity contribution is 0.0999. The van der Waals surface area contributed by atoms with Gasteiger partial charge in [0, 0.05) is 23.4 Å². The van der Waals surface area contributed by atoms with E-state index in [1.165, 1.54) is 0 Å². The second kappa shape index (κ2) is 9.33. The van der Waals surface area contributed by atoms with E-state index in [0.717, 1.165) is 43.9 Å². The molecule has 2 rings (SSSR count). The number of thioether (sulfide) groups is 1. The SMILES string of the molecule is CCCCN1CC(CCC)SC1=NC(=O)c1cc(Cl)ccc1OC. The van der Waals surface area contributed by atoms with Gasteiger partial charge in [0.05, 0.1) is 12.7 Å². The van der Waals surface area contributed by atoms with E-state index in [9.17, 15) is 4.79 Å². The first kappa shape index (κ1) is 19.1. The Morgan fingerprint density at radius 2 is 2.21 bits per heavy atom. The molecule has 1 aliphatic heterocycles. The summed E-state index contributed by atoms with van der Waals surface area (Å²) in [5.74, 6) is 0.206. The number of aliphatic imine (C=N–C) groups is 1. The van der Waals surface area contributed by atoms with Gasteiger partial charge in [0.2, 0.25) is 0 Å². The topological polar surface area (TPSA) is 41.9 Å². The second-order valence-corrected chi connectivity index (χ2v) is 7.58. The predicted molar refractivity (Wildman–Crippen MR) is 103 cm³/mol. The zero-order valence-electron chi connectivity index (χ0n) is 14.5. The van der Waals surface area contributed by atoms with Crippen molar-refractivity contribution in [3.05, 3.63) is 28.8 Å². The van der Waals surface area contributed by atoms with E-state index in [2.05, 4.69) is 23.7 Å². The number of benzene rings is 1. The number of hydrogen-bond acceptors (Lipinski definition) is 3. The van der Waals surface area contributed by atoms with Crippen LogP contribution in [0.5, 0.6) is 5.75 Å². The largest absolute Gasteiger partial charge is 0.496 e. The number of hydrogen-bond donors (Lipinski definition) is 0. The Morgan fingerprint density at radius 3 is 2.88 bits per heavy atom. The summed E-state index contributed by atoms with van der Waals surface area (Å²) in [5.41, 5.74) is 0.410. The van der Waals surface area contributed by atoms with E-state index in [1.807, 2.05) is 0 Å². The Bertz CT molecular complexity index is 607. The molecule has 24 heavy (non-hydrogen) atoms. The number of halogens is 1. The minimum absolute atomic E-state index is 0.296. The van der Waals surface area contributed by atoms with Crippen LogP contribution in [0, 0.1) is 0 Å². The van der Waals surface area contributed by atoms with E-state index in [0.29, 0.717) is 21.6 Å². The number of nitrogens with zero attached hydrogens (tertiary/aromatic N) is 2. The van der Waals surface area contributed by atoms with E-state index in [1.54, 1.807) is 37.1 Å². The highest BCUT2D eigenvalue weighted by atomic mass is 35.5. The van der Waals surface area contributed by atoms with Gasteiger partial charge in [0.15, 0.2) is 5.17 Å². The first-order chi connectivity index (χ1) is 11.6. The Kier molecular flexibility index (Phi) is 7.43. The van der Waals surface area contributed by atoms with Crippen LogP contribution in [0.4, 0.5) is 0 Å². The summed E-state index contributed by atoms with van der Waals surface area (Å²) in [6, 6.07) is 5.03. The van der Waals surface area contributed by atoms with Crippen molar-refractivity contribution in [2.45, 2.75) is 44.8 Å². The molecule has 132 valence electrons. The maximum absolute atomic E-state index is 12.7. The van der Waals surface area contributed by atoms with Crippen molar-refractivity contribution in [1.29, 1.82) is 0 Å². The summed E-state index contributed by atoms with van der Waals surface area (Å²) in [7, 11) is 1.54. The van der Waals surface area contributed by atoms with Gasteiger partial charge in [-0.1, -0.05) is 50.1 Å². The number of amides is 1. The fourth-order valence-corrected chi connectivity index (χ4v) is 4.21. The Balaban J connectivity index is 2.22. The summed E-state index contributed by atoms with van der Waals surface area (Å²) in [5, 5.41) is 1.85. The number of methoxy groups -OCH3 is 1. The van der Waals surface area contributed by atoms with Gasteiger partial charge in [0.1, 0.15) is 5.75 Å². The molecule has 6 heteroatoms. The summed E-state index contributed by atoms with van der Waals surface area (Å²) in [4.78, 5) is 19.3. The lowest BCUT2D eigenvalue weighted by Gasteiger charge is -2.17. The molecule has 0 bridgehead atoms. The van der Waals surface area contributed by atoms with Crippen LogP contribution in [0.2, 0.25) is 5.02 Å². The van der Waals surface area contributed by atoms with Crippen LogP contribution >= 0.6 is 23.4 Å². The highest BCUT2D eigenvalue weighted by Gasteiger charge is 2.29. The number of carbonyl (C=O) groups excluding carboxylic acids is 1. The smallest absolute Gasteiger partial charge is 0.283 e. The molecule has 1 aliphatic rings. The monoisotopic (exact) mass is 368 g/mol. The molecule has 1 atom stereocenters. The van der Waals surface area contributed by atoms with Gasteiger partial charge in [-0.3, -0.25) is 4.79 Å². The Labute approximate surface area is 153 Å². The van der Waals surface area contributed by atoms with Gasteiger partial charge in [-0.25, -0.2) is 0 Å². The maximum Gasteiger partial charge on any atom is 0.283 e. The molecule has 4 nitrogen and oxygen atoms in total. The third-order valence-corrected chi connectivity index (χ3v) is 5.46. The van der Waals surface area contributed by atoms with Crippen LogP contribution in [0.15, 0.2) is 23.2 Å². The fraction of sp³-hybridized carbons (Fsp3) is 0.556. The Hall–Kier alpha value is -1.20. The molecule has 1 amide bonds. The van der Waals surface area contributed by atoms with Crippen LogP contribution in [0.3, 0.4) is 0 Å². The number of unbranched alkanes of at least 4 members (excludes halogenated alkanes) is 1. The van der Waals surface area contributed by atoms with Crippen LogP contribution in [-0.2, 0) is 0 Å². The van der Waals surface area contributed by atoms with E-state index >= 15 is 0 Å². The van der Waals surface area contributed by atoms with E-state index in [-0.39, 0.29) is 5.91 Å². The minimum atomic E-state index is -0.296. The van der Waals surface area contributed by atoms with Gasteiger partial charge in [-0.15, -0.1) is 0 Å². The summed E-state index contributed by atoms with van der Waals surface area (Å²) < 4.78 is 5.27. The zero-order chi connectivity index (χ0) is 17.5. The van der Waals surface area contributed by atoms with E-state index in [4.69, 9.17) is 16.3 Å². The molecule has 1 aromatic carbocycles. The lowest BCUT2D eigenvalue weighted by atomic mass is 10.2. The van der Waals surface area contributed by atoms with Crippen molar-refractivity contribution in [2.75, 3.05) is 20.2 Å². The average molecular weight is 369 g/mol. The van der Waals surface area contributed by atoms with Crippen molar-refractivity contribution in [3.63, 3.8) is 0 Å². The third-order valence-electron chi connectivity index (χ3n) is 3.95. The maximum atomic E-state index is 12.7. The molecule has 0 radical (unpaired) electrons. The highest BCUT2D eigenvalue weighted by Crippen LogP contribution is 2.30. The third kappa shape index (κ3) is 4.90. The molecule has 1 saturated heterocycles. The molecule has 1 aromatic rings. The summed E-state index contributed by atoms with van der Waals surface area (Å²) >= 11 is 7.74. The lowest BCUT2D eigenvalue weighted by Crippen LogP contribution is -2.27. The fourth-order valence-electron chi connectivity index (χ4n) is 2.68. The van der Waals surface area contributed by atoms with Crippen molar-refractivity contribution in [3.8, 4) is 5.75 Å². The molecule has 0 spiro atoms. The zero-order valence-corrected chi connectivity index (χ0v) is 16.1. The summed E-state index contributed by atoms with van der Waals surface area (Å²) in [6.45, 7) is 6.28. The number of amidine groups is 1. The molecule has 1 unspecified atom stereocenters. The quantitative estimate of drug-likeness (QED) is 0.689. The normalized spacial score (nSPS) is 19.1. The average Bonchev–Trinajstić information content (AvgIpc) is 2.94. The highest BCUT2D eigenvalue weighted by molar-refractivity contribution is 8.14. The van der Waals surface area contributed by atoms with Crippen molar-refractivity contribution in [2.24, 2.45) is 4.99 Å². The molecule has 1 fully saturated rings. The van der Waals surface area contributed by atoms with Gasteiger partial charge in [-0.2, -0.15) is 4.99 Å². The van der Waals surface area contributed by atoms with Crippen LogP contribution < -0.4 is 4.74 Å². The molecule has 0 aromatic heterocycles. The predicted octanol–water partition coefficient (Wildman–Crippen LogP) is 4.86. The summed E-state index contributed by atoms with van der Waals surface area (Å²) in [6.07, 6.45) is 4.51. The Morgan fingerprint density at radius 1 is 1.42 bits per heavy atom. The first-order valence-corrected chi connectivity index (χ1v) is 9.72. The molecule has 0 N–H and O–H groups in total. The van der Waals surface area contributed by atoms with E-state index < -0.39 is 0 Å². The number of rotatable bonds is 7. The van der Waals surface area contributed by atoms with Crippen molar-refractivity contribution in [1.82, 2.24) is 4.90 Å². The van der Waals surface area contributed by atoms with Crippen LogP contribution in [0.25, 0.3) is 0 Å². The first-order valence-electron chi connectivity index (χ1n) is 8.47. The number of carbonyl (C=O) groups is 1. The van der Waals surface area contributed by atoms with Gasteiger partial charge < -0.3 is 9.64 Å². The standard InChI is InChI=1S/C18H25ClN2O2S/c1-4-6-10-21-12-14(7-5-2)24-18(21)20-17(22)15-11-13(19)8-9-16(15)23-3/h8-9,11,14H,4-7,10,12H2,1-3H3. The van der Waals surface area contributed by atoms with Gasteiger partial charge in [0.25, 0.3) is 5.91 Å². The number of ether oxygens (including phenoxy) is 1. The van der Waals surface area contributed by atoms with Crippen LogP contribution in [0.1, 0.15) is 49.9 Å². The van der Waals surface area contributed by atoms with Gasteiger partial charge in [-0.05, 0) is 31.0 Å². The van der Waals surface area contributed by atoms with Gasteiger partial charge >= 0.3 is 0 Å². The van der Waals surface area contributed by atoms with Crippen molar-refractivity contribution < 1.29 is 9.53 Å². The molecule has 1 heterocycles. The minimum Gasteiger partial charge on any atom is -0.496 e. The van der Waals surface area contributed by atoms with Crippen molar-refractivity contribution >= 4 is 34.4 Å². The van der Waals surface area contributed by atoms with Crippen LogP contribution in [-0.4, -0.2) is 41.4 Å². The molecular formula is C18H25ClN2O2S.